The zero-order chi connectivity index (χ0) is 16.2. The highest BCUT2D eigenvalue weighted by molar-refractivity contribution is 7.98. The van der Waals surface area contributed by atoms with E-state index in [4.69, 9.17) is 8.30 Å². The molecule has 0 aliphatic rings. The van der Waals surface area contributed by atoms with Crippen LogP contribution in [0, 0.1) is 0 Å². The summed E-state index contributed by atoms with van der Waals surface area (Å²) in [5, 5.41) is 0. The summed E-state index contributed by atoms with van der Waals surface area (Å²) < 4.78 is 29.0. The van der Waals surface area contributed by atoms with Gasteiger partial charge in [0.15, 0.2) is 16.1 Å². The molecule has 0 heterocycles. The van der Waals surface area contributed by atoms with E-state index in [-0.39, 0.29) is 0 Å². The molecule has 2 aromatic carbocycles. The van der Waals surface area contributed by atoms with Crippen molar-refractivity contribution in [1.29, 1.82) is 0 Å². The average molecular weight is 294 g/mol. The number of benzene rings is 2. The monoisotopic (exact) mass is 294 g/mol. The fraction of sp³-hybridized carbons (Fsp3) is 0.250. The van der Waals surface area contributed by atoms with Crippen molar-refractivity contribution in [2.75, 3.05) is 19.0 Å². The Balaban J connectivity index is 2.59. The van der Waals surface area contributed by atoms with Gasteiger partial charge in [0, 0.05) is 16.0 Å². The minimum atomic E-state index is -2.17. The van der Waals surface area contributed by atoms with Crippen molar-refractivity contribution in [3.05, 3.63) is 48.5 Å². The van der Waals surface area contributed by atoms with Crippen LogP contribution in [0.15, 0.2) is 58.3 Å². The van der Waals surface area contributed by atoms with Crippen molar-refractivity contribution in [3.63, 3.8) is 0 Å². The summed E-state index contributed by atoms with van der Waals surface area (Å²) in [6.07, 6.45) is -0.145. The molecule has 0 aliphatic heterocycles. The Morgan fingerprint density at radius 2 is 1.79 bits per heavy atom. The Morgan fingerprint density at radius 3 is 2.47 bits per heavy atom. The lowest BCUT2D eigenvalue weighted by atomic mass is 10.1. The molecule has 0 aliphatic carbocycles. The van der Waals surface area contributed by atoms with E-state index in [1.807, 2.05) is 61.7 Å². The number of hydrogen-bond donors (Lipinski definition) is 0. The highest BCUT2D eigenvalue weighted by Crippen LogP contribution is 2.34. The Labute approximate surface area is 127 Å². The molecule has 0 saturated heterocycles. The molecule has 0 fully saturated rings. The molecule has 1 unspecified atom stereocenters. The van der Waals surface area contributed by atoms with Gasteiger partial charge in [-0.3, -0.25) is 0 Å². The second kappa shape index (κ2) is 7.04. The second-order valence-electron chi connectivity index (χ2n) is 3.87. The Hall–Kier alpha value is -0.900. The maximum absolute atomic E-state index is 7.80. The SMILES string of the molecule is [2H]C([2H])([2H])[S+](OCC)c1ccccc1-c1ccccc1SC. The third-order valence-corrected chi connectivity index (χ3v) is 4.74. The Morgan fingerprint density at radius 1 is 1.11 bits per heavy atom. The summed E-state index contributed by atoms with van der Waals surface area (Å²) in [6, 6.07) is 15.7. The van der Waals surface area contributed by atoms with Gasteiger partial charge >= 0.3 is 0 Å². The molecule has 0 radical (unpaired) electrons. The molecule has 2 aromatic rings. The van der Waals surface area contributed by atoms with Crippen LogP contribution in [0.5, 0.6) is 0 Å². The van der Waals surface area contributed by atoms with Crippen LogP contribution in [0.2, 0.25) is 0 Å². The first-order valence-corrected chi connectivity index (χ1v) is 8.46. The molecular weight excluding hydrogens is 272 g/mol. The van der Waals surface area contributed by atoms with Gasteiger partial charge in [0.1, 0.15) is 12.8 Å². The van der Waals surface area contributed by atoms with E-state index in [9.17, 15) is 0 Å². The predicted octanol–water partition coefficient (Wildman–Crippen LogP) is 4.63. The number of rotatable bonds is 5. The van der Waals surface area contributed by atoms with Gasteiger partial charge in [0.05, 0.1) is 4.11 Å². The minimum absolute atomic E-state index is 0.375. The zero-order valence-electron chi connectivity index (χ0n) is 14.1. The van der Waals surface area contributed by atoms with Gasteiger partial charge in [-0.15, -0.1) is 11.8 Å². The second-order valence-corrected chi connectivity index (χ2v) is 5.93. The summed E-state index contributed by atoms with van der Waals surface area (Å²) in [6.45, 7) is 2.20. The molecule has 0 saturated carbocycles. The van der Waals surface area contributed by atoms with Gasteiger partial charge in [-0.2, -0.15) is 4.18 Å². The lowest BCUT2D eigenvalue weighted by molar-refractivity contribution is 0.390. The molecule has 0 spiro atoms. The Kier molecular flexibility index (Phi) is 4.01. The molecule has 1 nitrogen and oxygen atoms in total. The van der Waals surface area contributed by atoms with Crippen LogP contribution in [-0.2, 0) is 15.4 Å². The molecule has 1 atom stereocenters. The molecule has 0 aromatic heterocycles. The van der Waals surface area contributed by atoms with Crippen LogP contribution in [0.25, 0.3) is 11.1 Å². The molecule has 3 heteroatoms. The summed E-state index contributed by atoms with van der Waals surface area (Å²) in [5.41, 5.74) is 1.98. The normalized spacial score (nSPS) is 15.4. The van der Waals surface area contributed by atoms with Gasteiger partial charge in [-0.25, -0.2) is 0 Å². The molecule has 0 amide bonds. The van der Waals surface area contributed by atoms with Gasteiger partial charge in [-0.1, -0.05) is 30.3 Å². The topological polar surface area (TPSA) is 9.23 Å². The van der Waals surface area contributed by atoms with Crippen molar-refractivity contribution < 1.29 is 8.30 Å². The number of hydrogen-bond acceptors (Lipinski definition) is 2. The third kappa shape index (κ3) is 3.35. The lowest BCUT2D eigenvalue weighted by Gasteiger charge is -2.10. The van der Waals surface area contributed by atoms with E-state index in [2.05, 4.69) is 0 Å². The van der Waals surface area contributed by atoms with Crippen molar-refractivity contribution in [3.8, 4) is 11.1 Å². The van der Waals surface area contributed by atoms with E-state index in [1.165, 1.54) is 0 Å². The molecular formula is C16H19OS2+. The summed E-state index contributed by atoms with van der Waals surface area (Å²) in [4.78, 5) is 1.87. The van der Waals surface area contributed by atoms with E-state index >= 15 is 0 Å². The van der Waals surface area contributed by atoms with E-state index in [1.54, 1.807) is 11.8 Å². The number of thioether (sulfide) groups is 1. The maximum Gasteiger partial charge on any atom is 0.197 e. The van der Waals surface area contributed by atoms with E-state index < -0.39 is 17.4 Å². The fourth-order valence-corrected chi connectivity index (χ4v) is 3.45. The highest BCUT2D eigenvalue weighted by Gasteiger charge is 2.22. The van der Waals surface area contributed by atoms with Crippen molar-refractivity contribution >= 4 is 22.9 Å². The first kappa shape index (κ1) is 10.8. The van der Waals surface area contributed by atoms with Crippen LogP contribution >= 0.6 is 11.8 Å². The third-order valence-electron chi connectivity index (χ3n) is 2.72. The smallest absolute Gasteiger partial charge is 0.168 e. The lowest BCUT2D eigenvalue weighted by Crippen LogP contribution is -2.06. The van der Waals surface area contributed by atoms with Crippen LogP contribution in [0.4, 0.5) is 0 Å². The maximum atomic E-state index is 7.80. The van der Waals surface area contributed by atoms with E-state index in [0.717, 1.165) is 20.9 Å². The molecule has 0 bridgehead atoms. The minimum Gasteiger partial charge on any atom is -0.168 e. The van der Waals surface area contributed by atoms with Crippen LogP contribution in [0.1, 0.15) is 11.0 Å². The quantitative estimate of drug-likeness (QED) is 0.587. The van der Waals surface area contributed by atoms with Gasteiger partial charge in [-0.05, 0) is 31.4 Å². The van der Waals surface area contributed by atoms with Crippen LogP contribution < -0.4 is 0 Å². The van der Waals surface area contributed by atoms with Crippen molar-refractivity contribution in [2.24, 2.45) is 0 Å². The first-order chi connectivity index (χ1) is 10.5. The first-order valence-electron chi connectivity index (χ1n) is 7.59. The fourth-order valence-electron chi connectivity index (χ4n) is 1.90. The Bertz CT molecular complexity index is 629. The predicted molar refractivity (Wildman–Crippen MR) is 86.8 cm³/mol. The van der Waals surface area contributed by atoms with Crippen LogP contribution in [0.3, 0.4) is 0 Å². The zero-order valence-corrected chi connectivity index (χ0v) is 12.7. The highest BCUT2D eigenvalue weighted by atomic mass is 32.2. The molecule has 2 rings (SSSR count). The average Bonchev–Trinajstić information content (AvgIpc) is 2.51. The van der Waals surface area contributed by atoms with E-state index in [0.29, 0.717) is 6.61 Å². The largest absolute Gasteiger partial charge is 0.197 e. The summed E-state index contributed by atoms with van der Waals surface area (Å²) in [5.74, 6) is 0. The van der Waals surface area contributed by atoms with Crippen molar-refractivity contribution in [2.45, 2.75) is 16.7 Å². The molecule has 0 N–H and O–H groups in total. The van der Waals surface area contributed by atoms with Gasteiger partial charge in [0.25, 0.3) is 0 Å². The summed E-state index contributed by atoms with van der Waals surface area (Å²) >= 11 is 0.416. The summed E-state index contributed by atoms with van der Waals surface area (Å²) in [7, 11) is 0. The van der Waals surface area contributed by atoms with Crippen molar-refractivity contribution in [1.82, 2.24) is 0 Å². The molecule has 100 valence electrons. The van der Waals surface area contributed by atoms with Gasteiger partial charge in [0.2, 0.25) is 0 Å². The standard InChI is InChI=1S/C16H19OS2/c1-4-17-19(3)16-12-8-6-10-14(16)13-9-5-7-11-15(13)18-2/h5-12H,4H2,1-3H3/q+1/i3D3. The van der Waals surface area contributed by atoms with Crippen LogP contribution in [-0.4, -0.2) is 19.0 Å². The molecule has 19 heavy (non-hydrogen) atoms. The van der Waals surface area contributed by atoms with Gasteiger partial charge < -0.3 is 0 Å².